The molecular weight excluding hydrogens is 356 g/mol. The zero-order valence-electron chi connectivity index (χ0n) is 14.3. The Morgan fingerprint density at radius 1 is 1.08 bits per heavy atom. The lowest BCUT2D eigenvalue weighted by Crippen LogP contribution is -2.43. The molecule has 26 heavy (non-hydrogen) atoms. The molecule has 0 radical (unpaired) electrons. The lowest BCUT2D eigenvalue weighted by Gasteiger charge is -2.11. The fraction of sp³-hybridized carbons (Fsp3) is 0.263. The zero-order valence-corrected chi connectivity index (χ0v) is 15.1. The van der Waals surface area contributed by atoms with E-state index in [0.717, 1.165) is 19.3 Å². The largest absolute Gasteiger partial charge is 0.496 e. The van der Waals surface area contributed by atoms with Crippen molar-refractivity contribution in [2.24, 2.45) is 0 Å². The van der Waals surface area contributed by atoms with E-state index < -0.39 is 11.8 Å². The Bertz CT molecular complexity index is 838. The Morgan fingerprint density at radius 3 is 2.69 bits per heavy atom. The number of ether oxygens (including phenoxy) is 2. The molecule has 1 aliphatic carbocycles. The summed E-state index contributed by atoms with van der Waals surface area (Å²) in [5.74, 6) is -0.00532. The molecule has 3 rings (SSSR count). The summed E-state index contributed by atoms with van der Waals surface area (Å²) in [4.78, 5) is 24.1. The number of hydrogen-bond donors (Lipinski definition) is 2. The van der Waals surface area contributed by atoms with Crippen LogP contribution in [0, 0.1) is 0 Å². The maximum Gasteiger partial charge on any atom is 0.276 e. The van der Waals surface area contributed by atoms with Crippen molar-refractivity contribution >= 4 is 23.4 Å². The average Bonchev–Trinajstić information content (AvgIpc) is 3.12. The summed E-state index contributed by atoms with van der Waals surface area (Å²) >= 11 is 5.90. The molecule has 0 aliphatic heterocycles. The summed E-state index contributed by atoms with van der Waals surface area (Å²) in [7, 11) is 1.45. The van der Waals surface area contributed by atoms with Gasteiger partial charge in [0.1, 0.15) is 11.5 Å². The first-order valence-electron chi connectivity index (χ1n) is 8.24. The highest BCUT2D eigenvalue weighted by molar-refractivity contribution is 6.31. The maximum atomic E-state index is 12.2. The van der Waals surface area contributed by atoms with Crippen molar-refractivity contribution in [1.29, 1.82) is 0 Å². The first-order valence-corrected chi connectivity index (χ1v) is 8.62. The molecule has 7 heteroatoms. The number of fused-ring (bicyclic) bond motifs is 1. The number of amides is 2. The van der Waals surface area contributed by atoms with Crippen LogP contribution < -0.4 is 20.3 Å². The molecule has 0 unspecified atom stereocenters. The van der Waals surface area contributed by atoms with Crippen LogP contribution in [-0.2, 0) is 17.6 Å². The maximum absolute atomic E-state index is 12.2. The Morgan fingerprint density at radius 2 is 1.88 bits per heavy atom. The van der Waals surface area contributed by atoms with E-state index in [1.54, 1.807) is 12.1 Å². The Hall–Kier alpha value is -2.73. The number of hydrazine groups is 1. The topological polar surface area (TPSA) is 76.7 Å². The molecule has 0 atom stereocenters. The second-order valence-corrected chi connectivity index (χ2v) is 6.36. The van der Waals surface area contributed by atoms with Gasteiger partial charge in [0.05, 0.1) is 12.7 Å². The van der Waals surface area contributed by atoms with Crippen molar-refractivity contribution < 1.29 is 19.1 Å². The number of halogens is 1. The molecule has 0 saturated heterocycles. The van der Waals surface area contributed by atoms with Crippen molar-refractivity contribution in [3.63, 3.8) is 0 Å². The Labute approximate surface area is 156 Å². The monoisotopic (exact) mass is 374 g/mol. The van der Waals surface area contributed by atoms with E-state index in [-0.39, 0.29) is 12.2 Å². The van der Waals surface area contributed by atoms with Gasteiger partial charge >= 0.3 is 0 Å². The number of hydrogen-bond acceptors (Lipinski definition) is 4. The van der Waals surface area contributed by atoms with Gasteiger partial charge < -0.3 is 9.47 Å². The van der Waals surface area contributed by atoms with Crippen LogP contribution in [0.1, 0.15) is 27.9 Å². The normalized spacial score (nSPS) is 12.2. The third-order valence-corrected chi connectivity index (χ3v) is 4.40. The summed E-state index contributed by atoms with van der Waals surface area (Å²) in [5, 5.41) is 0.391. The number of rotatable bonds is 5. The van der Waals surface area contributed by atoms with Crippen LogP contribution in [0.5, 0.6) is 11.5 Å². The summed E-state index contributed by atoms with van der Waals surface area (Å²) < 4.78 is 10.6. The van der Waals surface area contributed by atoms with E-state index in [0.29, 0.717) is 16.5 Å². The van der Waals surface area contributed by atoms with Crippen LogP contribution in [0.3, 0.4) is 0 Å². The third-order valence-electron chi connectivity index (χ3n) is 4.16. The van der Waals surface area contributed by atoms with Gasteiger partial charge in [-0.1, -0.05) is 17.7 Å². The molecule has 2 amide bonds. The van der Waals surface area contributed by atoms with Crippen molar-refractivity contribution in [2.45, 2.75) is 19.3 Å². The molecule has 0 fully saturated rings. The van der Waals surface area contributed by atoms with E-state index in [9.17, 15) is 9.59 Å². The molecule has 1 aliphatic rings. The van der Waals surface area contributed by atoms with Crippen LogP contribution in [0.4, 0.5) is 0 Å². The summed E-state index contributed by atoms with van der Waals surface area (Å²) in [6.45, 7) is -0.203. The molecule has 2 N–H and O–H groups in total. The number of carbonyl (C=O) groups excluding carboxylic acids is 2. The zero-order chi connectivity index (χ0) is 18.5. The molecule has 0 saturated carbocycles. The first-order chi connectivity index (χ1) is 12.6. The molecular formula is C19H19ClN2O4. The fourth-order valence-electron chi connectivity index (χ4n) is 2.87. The van der Waals surface area contributed by atoms with Crippen molar-refractivity contribution in [3.05, 3.63) is 58.1 Å². The minimum Gasteiger partial charge on any atom is -0.496 e. The number of carbonyl (C=O) groups is 2. The highest BCUT2D eigenvalue weighted by Gasteiger charge is 2.15. The number of nitrogens with one attached hydrogen (secondary N) is 2. The van der Waals surface area contributed by atoms with Gasteiger partial charge in [0.25, 0.3) is 11.8 Å². The predicted octanol–water partition coefficient (Wildman–Crippen LogP) is 2.68. The van der Waals surface area contributed by atoms with Gasteiger partial charge in [-0.2, -0.15) is 0 Å². The van der Waals surface area contributed by atoms with Crippen LogP contribution in [0.2, 0.25) is 5.02 Å². The highest BCUT2D eigenvalue weighted by atomic mass is 35.5. The fourth-order valence-corrected chi connectivity index (χ4v) is 3.05. The van der Waals surface area contributed by atoms with Gasteiger partial charge in [-0.15, -0.1) is 0 Å². The smallest absolute Gasteiger partial charge is 0.276 e. The SMILES string of the molecule is COc1ccc(Cl)cc1C(=O)NNC(=O)COc1ccc2c(c1)CCC2. The number of benzene rings is 2. The van der Waals surface area contributed by atoms with Crippen LogP contribution in [0.25, 0.3) is 0 Å². The van der Waals surface area contributed by atoms with Crippen LogP contribution in [-0.4, -0.2) is 25.5 Å². The number of methoxy groups -OCH3 is 1. The van der Waals surface area contributed by atoms with E-state index in [4.69, 9.17) is 21.1 Å². The summed E-state index contributed by atoms with van der Waals surface area (Å²) in [6.07, 6.45) is 3.28. The second kappa shape index (κ2) is 8.10. The van der Waals surface area contributed by atoms with Gasteiger partial charge in [0.2, 0.25) is 0 Å². The van der Waals surface area contributed by atoms with E-state index in [1.807, 2.05) is 18.2 Å². The highest BCUT2D eigenvalue weighted by Crippen LogP contribution is 2.26. The summed E-state index contributed by atoms with van der Waals surface area (Å²) in [5.41, 5.74) is 7.46. The molecule has 0 heterocycles. The minimum absolute atomic E-state index is 0.203. The van der Waals surface area contributed by atoms with Crippen molar-refractivity contribution in [3.8, 4) is 11.5 Å². The van der Waals surface area contributed by atoms with Gasteiger partial charge in [-0.25, -0.2) is 0 Å². The van der Waals surface area contributed by atoms with Crippen molar-refractivity contribution in [2.75, 3.05) is 13.7 Å². The second-order valence-electron chi connectivity index (χ2n) is 5.92. The standard InChI is InChI=1S/C19H19ClN2O4/c1-25-17-8-6-14(20)10-16(17)19(24)22-21-18(23)11-26-15-7-5-12-3-2-4-13(12)9-15/h5-10H,2-4,11H2,1H3,(H,21,23)(H,22,24). The van der Waals surface area contributed by atoms with E-state index in [1.165, 1.54) is 24.3 Å². The minimum atomic E-state index is -0.532. The molecule has 2 aromatic rings. The average molecular weight is 375 g/mol. The van der Waals surface area contributed by atoms with Crippen LogP contribution >= 0.6 is 11.6 Å². The Kier molecular flexibility index (Phi) is 5.63. The molecule has 6 nitrogen and oxygen atoms in total. The lowest BCUT2D eigenvalue weighted by molar-refractivity contribution is -0.123. The van der Waals surface area contributed by atoms with Gasteiger partial charge in [0, 0.05) is 5.02 Å². The van der Waals surface area contributed by atoms with E-state index >= 15 is 0 Å². The van der Waals surface area contributed by atoms with Gasteiger partial charge in [0.15, 0.2) is 6.61 Å². The Balaban J connectivity index is 1.51. The predicted molar refractivity (Wildman–Crippen MR) is 97.6 cm³/mol. The van der Waals surface area contributed by atoms with Gasteiger partial charge in [-0.05, 0) is 60.7 Å². The molecule has 136 valence electrons. The lowest BCUT2D eigenvalue weighted by atomic mass is 10.1. The van der Waals surface area contributed by atoms with Gasteiger partial charge in [-0.3, -0.25) is 20.4 Å². The quantitative estimate of drug-likeness (QED) is 0.789. The van der Waals surface area contributed by atoms with E-state index in [2.05, 4.69) is 10.9 Å². The molecule has 0 bridgehead atoms. The van der Waals surface area contributed by atoms with Crippen LogP contribution in [0.15, 0.2) is 36.4 Å². The molecule has 0 spiro atoms. The molecule has 0 aromatic heterocycles. The van der Waals surface area contributed by atoms with Crippen molar-refractivity contribution in [1.82, 2.24) is 10.9 Å². The molecule has 2 aromatic carbocycles. The first kappa shape index (κ1) is 18.1. The summed E-state index contributed by atoms with van der Waals surface area (Å²) in [6, 6.07) is 10.5. The third kappa shape index (κ3) is 4.26. The number of aryl methyl sites for hydroxylation is 2.